The zero-order valence-electron chi connectivity index (χ0n) is 12.1. The molecule has 5 heteroatoms. The molecule has 0 unspecified atom stereocenters. The van der Waals surface area contributed by atoms with Crippen LogP contribution in [0.3, 0.4) is 0 Å². The van der Waals surface area contributed by atoms with Crippen molar-refractivity contribution in [1.82, 2.24) is 10.2 Å². The van der Waals surface area contributed by atoms with Crippen molar-refractivity contribution in [3.63, 3.8) is 0 Å². The van der Waals surface area contributed by atoms with E-state index in [0.717, 1.165) is 11.1 Å². The second-order valence-corrected chi connectivity index (χ2v) is 5.70. The highest BCUT2D eigenvalue weighted by Gasteiger charge is 2.43. The Morgan fingerprint density at radius 1 is 1.15 bits per heavy atom. The molecule has 2 rings (SSSR count). The molecule has 0 spiro atoms. The van der Waals surface area contributed by atoms with Gasteiger partial charge in [-0.2, -0.15) is 0 Å². The van der Waals surface area contributed by atoms with Gasteiger partial charge in [0.05, 0.1) is 0 Å². The molecule has 3 amide bonds. The van der Waals surface area contributed by atoms with Crippen LogP contribution in [0, 0.1) is 13.8 Å². The van der Waals surface area contributed by atoms with Crippen LogP contribution in [0.4, 0.5) is 0 Å². The van der Waals surface area contributed by atoms with Crippen molar-refractivity contribution in [3.8, 4) is 0 Å². The van der Waals surface area contributed by atoms with E-state index in [2.05, 4.69) is 5.32 Å². The number of nitrogens with one attached hydrogen (secondary N) is 1. The molecule has 20 heavy (non-hydrogen) atoms. The summed E-state index contributed by atoms with van der Waals surface area (Å²) in [6.45, 7) is 6.97. The molecule has 1 heterocycles. The number of rotatable bonds is 1. The number of piperazine rings is 1. The molecule has 106 valence electrons. The van der Waals surface area contributed by atoms with Crippen molar-refractivity contribution >= 4 is 17.7 Å². The zero-order valence-corrected chi connectivity index (χ0v) is 12.1. The Kier molecular flexibility index (Phi) is 3.38. The first-order chi connectivity index (χ1) is 9.21. The summed E-state index contributed by atoms with van der Waals surface area (Å²) < 4.78 is 0. The Balaban J connectivity index is 2.40. The van der Waals surface area contributed by atoms with Crippen LogP contribution >= 0.6 is 0 Å². The van der Waals surface area contributed by atoms with Crippen molar-refractivity contribution in [2.45, 2.75) is 33.2 Å². The number of imide groups is 1. The minimum absolute atomic E-state index is 0.107. The van der Waals surface area contributed by atoms with Gasteiger partial charge in [-0.25, -0.2) is 0 Å². The highest BCUT2D eigenvalue weighted by Crippen LogP contribution is 2.22. The van der Waals surface area contributed by atoms with E-state index in [1.54, 1.807) is 26.0 Å². The predicted molar refractivity (Wildman–Crippen MR) is 74.2 cm³/mol. The van der Waals surface area contributed by atoms with Crippen LogP contribution in [0.15, 0.2) is 18.2 Å². The molecule has 1 saturated heterocycles. The lowest BCUT2D eigenvalue weighted by Crippen LogP contribution is -2.65. The molecule has 0 radical (unpaired) electrons. The maximum atomic E-state index is 12.6. The summed E-state index contributed by atoms with van der Waals surface area (Å²) >= 11 is 0. The number of nitrogens with zero attached hydrogens (tertiary/aromatic N) is 1. The molecular weight excluding hydrogens is 256 g/mol. The Labute approximate surface area is 118 Å². The monoisotopic (exact) mass is 274 g/mol. The summed E-state index contributed by atoms with van der Waals surface area (Å²) in [6.07, 6.45) is 0. The Bertz CT molecular complexity index is 585. The molecule has 1 aliphatic rings. The van der Waals surface area contributed by atoms with E-state index in [0.29, 0.717) is 5.56 Å². The van der Waals surface area contributed by atoms with Crippen molar-refractivity contribution in [3.05, 3.63) is 34.9 Å². The lowest BCUT2D eigenvalue weighted by atomic mass is 9.96. The van der Waals surface area contributed by atoms with Crippen molar-refractivity contribution in [1.29, 1.82) is 0 Å². The standard InChI is InChI=1S/C15H18N2O3/c1-9-5-10(2)7-11(6-9)13(19)17-8-12(18)16-14(20)15(17,3)4/h5-7H,8H2,1-4H3,(H,16,18,20). The Hall–Kier alpha value is -2.17. The lowest BCUT2D eigenvalue weighted by Gasteiger charge is -2.40. The van der Waals surface area contributed by atoms with Crippen LogP contribution in [0.2, 0.25) is 0 Å². The predicted octanol–water partition coefficient (Wildman–Crippen LogP) is 1.18. The molecule has 5 nitrogen and oxygen atoms in total. The van der Waals surface area contributed by atoms with Gasteiger partial charge in [0.25, 0.3) is 11.8 Å². The molecule has 0 atom stereocenters. The fourth-order valence-electron chi connectivity index (χ4n) is 2.36. The number of amides is 3. The van der Waals surface area contributed by atoms with Crippen LogP contribution < -0.4 is 5.32 Å². The van der Waals surface area contributed by atoms with E-state index in [1.807, 2.05) is 19.9 Å². The van der Waals surface area contributed by atoms with E-state index >= 15 is 0 Å². The number of hydrogen-bond donors (Lipinski definition) is 1. The van der Waals surface area contributed by atoms with Gasteiger partial charge in [0, 0.05) is 5.56 Å². The van der Waals surface area contributed by atoms with Crippen LogP contribution in [-0.4, -0.2) is 34.7 Å². The average Bonchev–Trinajstić information content (AvgIpc) is 2.32. The number of benzene rings is 1. The minimum atomic E-state index is -1.04. The smallest absolute Gasteiger partial charge is 0.255 e. The molecule has 0 saturated carbocycles. The van der Waals surface area contributed by atoms with Crippen LogP contribution in [0.1, 0.15) is 35.3 Å². The summed E-state index contributed by atoms with van der Waals surface area (Å²) in [5.74, 6) is -1.21. The van der Waals surface area contributed by atoms with E-state index < -0.39 is 17.4 Å². The number of aryl methyl sites for hydroxylation is 2. The second kappa shape index (κ2) is 4.74. The molecule has 1 aliphatic heterocycles. The van der Waals surface area contributed by atoms with Gasteiger partial charge in [0.15, 0.2) is 0 Å². The SMILES string of the molecule is Cc1cc(C)cc(C(=O)N2CC(=O)NC(=O)C2(C)C)c1. The third-order valence-corrected chi connectivity index (χ3v) is 3.50. The first kappa shape index (κ1) is 14.2. The van der Waals surface area contributed by atoms with Crippen molar-refractivity contribution in [2.75, 3.05) is 6.54 Å². The Morgan fingerprint density at radius 2 is 1.70 bits per heavy atom. The van der Waals surface area contributed by atoms with Gasteiger partial charge in [-0.3, -0.25) is 19.7 Å². The van der Waals surface area contributed by atoms with Gasteiger partial charge in [-0.15, -0.1) is 0 Å². The third kappa shape index (κ3) is 2.43. The number of carbonyl (C=O) groups is 3. The highest BCUT2D eigenvalue weighted by molar-refractivity contribution is 6.08. The van der Waals surface area contributed by atoms with Crippen LogP contribution in [-0.2, 0) is 9.59 Å². The van der Waals surface area contributed by atoms with Gasteiger partial charge >= 0.3 is 0 Å². The lowest BCUT2D eigenvalue weighted by molar-refractivity contribution is -0.143. The quantitative estimate of drug-likeness (QED) is 0.782. The van der Waals surface area contributed by atoms with E-state index in [-0.39, 0.29) is 12.5 Å². The van der Waals surface area contributed by atoms with Crippen molar-refractivity contribution < 1.29 is 14.4 Å². The molecule has 1 aromatic rings. The minimum Gasteiger partial charge on any atom is -0.315 e. The normalized spacial score (nSPS) is 17.9. The fraction of sp³-hybridized carbons (Fsp3) is 0.400. The maximum Gasteiger partial charge on any atom is 0.255 e. The first-order valence-electron chi connectivity index (χ1n) is 6.46. The summed E-state index contributed by atoms with van der Waals surface area (Å²) in [7, 11) is 0. The van der Waals surface area contributed by atoms with Crippen molar-refractivity contribution in [2.24, 2.45) is 0 Å². The van der Waals surface area contributed by atoms with Gasteiger partial charge < -0.3 is 4.90 Å². The molecule has 0 bridgehead atoms. The van der Waals surface area contributed by atoms with Gasteiger partial charge in [0.2, 0.25) is 5.91 Å². The topological polar surface area (TPSA) is 66.5 Å². The molecule has 0 aromatic heterocycles. The molecule has 1 fully saturated rings. The molecule has 1 N–H and O–H groups in total. The van der Waals surface area contributed by atoms with Crippen LogP contribution in [0.5, 0.6) is 0 Å². The summed E-state index contributed by atoms with van der Waals surface area (Å²) in [6, 6.07) is 5.50. The van der Waals surface area contributed by atoms with E-state index in [4.69, 9.17) is 0 Å². The largest absolute Gasteiger partial charge is 0.315 e. The Morgan fingerprint density at radius 3 is 2.25 bits per heavy atom. The number of hydrogen-bond acceptors (Lipinski definition) is 3. The maximum absolute atomic E-state index is 12.6. The summed E-state index contributed by atoms with van der Waals surface area (Å²) in [5.41, 5.74) is 1.40. The van der Waals surface area contributed by atoms with Gasteiger partial charge in [-0.1, -0.05) is 17.2 Å². The first-order valence-corrected chi connectivity index (χ1v) is 6.46. The number of carbonyl (C=O) groups excluding carboxylic acids is 3. The second-order valence-electron chi connectivity index (χ2n) is 5.70. The zero-order chi connectivity index (χ0) is 15.1. The average molecular weight is 274 g/mol. The van der Waals surface area contributed by atoms with E-state index in [1.165, 1.54) is 4.90 Å². The highest BCUT2D eigenvalue weighted by atomic mass is 16.2. The third-order valence-electron chi connectivity index (χ3n) is 3.50. The summed E-state index contributed by atoms with van der Waals surface area (Å²) in [4.78, 5) is 37.3. The van der Waals surface area contributed by atoms with E-state index in [9.17, 15) is 14.4 Å². The van der Waals surface area contributed by atoms with Crippen LogP contribution in [0.25, 0.3) is 0 Å². The molecule has 1 aromatic carbocycles. The van der Waals surface area contributed by atoms with Gasteiger partial charge in [0.1, 0.15) is 12.1 Å². The summed E-state index contributed by atoms with van der Waals surface area (Å²) in [5, 5.41) is 2.26. The molecule has 0 aliphatic carbocycles. The fourth-order valence-corrected chi connectivity index (χ4v) is 2.36. The molecular formula is C15H18N2O3. The van der Waals surface area contributed by atoms with Gasteiger partial charge in [-0.05, 0) is 39.8 Å².